The molecule has 0 bridgehead atoms. The van der Waals surface area contributed by atoms with Crippen LogP contribution in [0.5, 0.6) is 0 Å². The van der Waals surface area contributed by atoms with Gasteiger partial charge in [-0.05, 0) is 24.3 Å². The van der Waals surface area contributed by atoms with Crippen LogP contribution in [0.3, 0.4) is 0 Å². The summed E-state index contributed by atoms with van der Waals surface area (Å²) in [4.78, 5) is 21.6. The number of carbonyl (C=O) groups excluding carboxylic acids is 2. The first kappa shape index (κ1) is 12.0. The first-order chi connectivity index (χ1) is 7.59. The zero-order chi connectivity index (χ0) is 12.0. The number of carbonyl (C=O) groups is 2. The molecule has 1 aromatic rings. The number of hydrogen-bond donors (Lipinski definition) is 2. The van der Waals surface area contributed by atoms with Crippen LogP contribution in [0, 0.1) is 5.82 Å². The molecule has 0 atom stereocenters. The Kier molecular flexibility index (Phi) is 4.26. The third kappa shape index (κ3) is 3.95. The van der Waals surface area contributed by atoms with E-state index in [1.807, 2.05) is 0 Å². The van der Waals surface area contributed by atoms with Crippen molar-refractivity contribution in [2.24, 2.45) is 5.73 Å². The Balaban J connectivity index is 2.35. The van der Waals surface area contributed by atoms with Gasteiger partial charge in [0.05, 0.1) is 6.54 Å². The Labute approximate surface area is 91.4 Å². The van der Waals surface area contributed by atoms with Crippen molar-refractivity contribution in [2.45, 2.75) is 0 Å². The molecule has 5 nitrogen and oxygen atoms in total. The number of hydrogen-bond acceptors (Lipinski definition) is 3. The maximum Gasteiger partial charge on any atom is 0.404 e. The van der Waals surface area contributed by atoms with Crippen molar-refractivity contribution in [1.82, 2.24) is 5.32 Å². The molecule has 0 saturated carbocycles. The number of rotatable bonds is 4. The average molecular weight is 226 g/mol. The van der Waals surface area contributed by atoms with Crippen LogP contribution in [0.25, 0.3) is 0 Å². The molecule has 2 amide bonds. The standard InChI is InChI=1S/C10H11FN2O3/c11-8-3-1-7(2-4-8)9(14)13-5-6-16-10(12)15/h1-4H,5-6H2,(H2,12,15)(H,13,14). The molecule has 0 heterocycles. The van der Waals surface area contributed by atoms with Gasteiger partial charge in [0.25, 0.3) is 5.91 Å². The van der Waals surface area contributed by atoms with Gasteiger partial charge in [0.2, 0.25) is 0 Å². The van der Waals surface area contributed by atoms with E-state index in [-0.39, 0.29) is 19.1 Å². The maximum atomic E-state index is 12.5. The number of ether oxygens (including phenoxy) is 1. The van der Waals surface area contributed by atoms with E-state index in [0.717, 1.165) is 0 Å². The van der Waals surface area contributed by atoms with Crippen molar-refractivity contribution >= 4 is 12.0 Å². The summed E-state index contributed by atoms with van der Waals surface area (Å²) < 4.78 is 17.0. The van der Waals surface area contributed by atoms with E-state index in [1.54, 1.807) is 0 Å². The van der Waals surface area contributed by atoms with E-state index in [1.165, 1.54) is 24.3 Å². The van der Waals surface area contributed by atoms with Crippen LogP contribution >= 0.6 is 0 Å². The van der Waals surface area contributed by atoms with Gasteiger partial charge in [-0.2, -0.15) is 0 Å². The Morgan fingerprint density at radius 1 is 1.31 bits per heavy atom. The van der Waals surface area contributed by atoms with Crippen molar-refractivity contribution in [1.29, 1.82) is 0 Å². The normalized spacial score (nSPS) is 9.56. The molecular formula is C10H11FN2O3. The van der Waals surface area contributed by atoms with Crippen molar-refractivity contribution in [3.63, 3.8) is 0 Å². The summed E-state index contributed by atoms with van der Waals surface area (Å²) in [6, 6.07) is 5.10. The molecule has 6 heteroatoms. The summed E-state index contributed by atoms with van der Waals surface area (Å²) >= 11 is 0. The van der Waals surface area contributed by atoms with Crippen LogP contribution in [-0.2, 0) is 4.74 Å². The van der Waals surface area contributed by atoms with Crippen LogP contribution in [0.2, 0.25) is 0 Å². The molecule has 0 spiro atoms. The highest BCUT2D eigenvalue weighted by atomic mass is 19.1. The van der Waals surface area contributed by atoms with Crippen molar-refractivity contribution in [2.75, 3.05) is 13.2 Å². The van der Waals surface area contributed by atoms with E-state index < -0.39 is 11.9 Å². The van der Waals surface area contributed by atoms with Gasteiger partial charge in [-0.25, -0.2) is 9.18 Å². The molecule has 0 aliphatic heterocycles. The molecule has 16 heavy (non-hydrogen) atoms. The second-order valence-corrected chi connectivity index (χ2v) is 2.93. The van der Waals surface area contributed by atoms with Gasteiger partial charge >= 0.3 is 6.09 Å². The lowest BCUT2D eigenvalue weighted by Crippen LogP contribution is -2.28. The Morgan fingerprint density at radius 2 is 1.94 bits per heavy atom. The number of amides is 2. The molecule has 1 aromatic carbocycles. The van der Waals surface area contributed by atoms with Gasteiger partial charge in [0, 0.05) is 5.56 Å². The fraction of sp³-hybridized carbons (Fsp3) is 0.200. The predicted octanol–water partition coefficient (Wildman–Crippen LogP) is 0.651. The molecule has 0 saturated heterocycles. The lowest BCUT2D eigenvalue weighted by Gasteiger charge is -2.04. The minimum atomic E-state index is -0.893. The third-order valence-corrected chi connectivity index (χ3v) is 1.74. The molecular weight excluding hydrogens is 215 g/mol. The topological polar surface area (TPSA) is 81.4 Å². The van der Waals surface area contributed by atoms with Crippen molar-refractivity contribution in [3.05, 3.63) is 35.6 Å². The number of benzene rings is 1. The van der Waals surface area contributed by atoms with Gasteiger partial charge in [0.1, 0.15) is 12.4 Å². The van der Waals surface area contributed by atoms with Crippen LogP contribution in [0.1, 0.15) is 10.4 Å². The van der Waals surface area contributed by atoms with Crippen LogP contribution in [0.15, 0.2) is 24.3 Å². The van der Waals surface area contributed by atoms with Crippen molar-refractivity contribution in [3.8, 4) is 0 Å². The smallest absolute Gasteiger partial charge is 0.404 e. The second-order valence-electron chi connectivity index (χ2n) is 2.93. The van der Waals surface area contributed by atoms with Gasteiger partial charge < -0.3 is 15.8 Å². The molecule has 0 aliphatic rings. The number of nitrogens with two attached hydrogens (primary N) is 1. The van der Waals surface area contributed by atoms with Gasteiger partial charge in [0.15, 0.2) is 0 Å². The van der Waals surface area contributed by atoms with Gasteiger partial charge in [-0.15, -0.1) is 0 Å². The van der Waals surface area contributed by atoms with Crippen LogP contribution in [0.4, 0.5) is 9.18 Å². The van der Waals surface area contributed by atoms with E-state index in [9.17, 15) is 14.0 Å². The lowest BCUT2D eigenvalue weighted by molar-refractivity contribution is 0.0937. The zero-order valence-electron chi connectivity index (χ0n) is 8.40. The van der Waals surface area contributed by atoms with E-state index in [0.29, 0.717) is 5.56 Å². The quantitative estimate of drug-likeness (QED) is 0.739. The molecule has 86 valence electrons. The molecule has 0 aliphatic carbocycles. The minimum Gasteiger partial charge on any atom is -0.448 e. The van der Waals surface area contributed by atoms with E-state index in [2.05, 4.69) is 10.1 Å². The van der Waals surface area contributed by atoms with E-state index in [4.69, 9.17) is 5.73 Å². The molecule has 3 N–H and O–H groups in total. The molecule has 0 radical (unpaired) electrons. The first-order valence-electron chi connectivity index (χ1n) is 4.55. The maximum absolute atomic E-state index is 12.5. The Hall–Kier alpha value is -2.11. The summed E-state index contributed by atoms with van der Waals surface area (Å²) in [5.74, 6) is -0.776. The highest BCUT2D eigenvalue weighted by molar-refractivity contribution is 5.94. The minimum absolute atomic E-state index is 0.00225. The average Bonchev–Trinajstić information content (AvgIpc) is 2.25. The summed E-state index contributed by atoms with van der Waals surface area (Å²) in [5, 5.41) is 2.48. The number of primary amides is 1. The lowest BCUT2D eigenvalue weighted by atomic mass is 10.2. The number of halogens is 1. The second kappa shape index (κ2) is 5.69. The Bertz CT molecular complexity index is 378. The molecule has 1 rings (SSSR count). The van der Waals surface area contributed by atoms with E-state index >= 15 is 0 Å². The predicted molar refractivity (Wildman–Crippen MR) is 54.3 cm³/mol. The number of nitrogens with one attached hydrogen (secondary N) is 1. The van der Waals surface area contributed by atoms with Gasteiger partial charge in [-0.3, -0.25) is 4.79 Å². The largest absolute Gasteiger partial charge is 0.448 e. The monoisotopic (exact) mass is 226 g/mol. The highest BCUT2D eigenvalue weighted by Gasteiger charge is 2.04. The van der Waals surface area contributed by atoms with Crippen LogP contribution < -0.4 is 11.1 Å². The summed E-state index contributed by atoms with van der Waals surface area (Å²) in [7, 11) is 0. The fourth-order valence-electron chi connectivity index (χ4n) is 1.02. The first-order valence-corrected chi connectivity index (χ1v) is 4.55. The highest BCUT2D eigenvalue weighted by Crippen LogP contribution is 2.01. The van der Waals surface area contributed by atoms with Crippen molar-refractivity contribution < 1.29 is 18.7 Å². The summed E-state index contributed by atoms with van der Waals surface area (Å²) in [5.41, 5.74) is 5.06. The summed E-state index contributed by atoms with van der Waals surface area (Å²) in [6.07, 6.45) is -0.893. The van der Waals surface area contributed by atoms with Crippen LogP contribution in [-0.4, -0.2) is 25.2 Å². The summed E-state index contributed by atoms with van der Waals surface area (Å²) in [6.45, 7) is 0.154. The van der Waals surface area contributed by atoms with Gasteiger partial charge in [-0.1, -0.05) is 0 Å². The zero-order valence-corrected chi connectivity index (χ0v) is 8.40. The SMILES string of the molecule is NC(=O)OCCNC(=O)c1ccc(F)cc1. The fourth-order valence-corrected chi connectivity index (χ4v) is 1.02. The Morgan fingerprint density at radius 3 is 2.50 bits per heavy atom. The third-order valence-electron chi connectivity index (χ3n) is 1.74. The molecule has 0 unspecified atom stereocenters. The molecule has 0 fully saturated rings. The molecule has 0 aromatic heterocycles.